The maximum Gasteiger partial charge on any atom is 0.242 e. The molecule has 1 unspecified atom stereocenters. The molecule has 20 heavy (non-hydrogen) atoms. The number of benzene rings is 1. The number of amides is 1. The van der Waals surface area contributed by atoms with Gasteiger partial charge in [-0.05, 0) is 44.2 Å². The highest BCUT2D eigenvalue weighted by atomic mass is 16.2. The minimum absolute atomic E-state index is 0.269. The zero-order chi connectivity index (χ0) is 14.4. The highest BCUT2D eigenvalue weighted by Crippen LogP contribution is 2.25. The van der Waals surface area contributed by atoms with E-state index in [4.69, 9.17) is 0 Å². The van der Waals surface area contributed by atoms with E-state index in [0.29, 0.717) is 0 Å². The van der Waals surface area contributed by atoms with E-state index in [1.807, 2.05) is 18.0 Å². The van der Waals surface area contributed by atoms with Crippen LogP contribution in [0.4, 0.5) is 0 Å². The molecule has 3 heteroatoms. The summed E-state index contributed by atoms with van der Waals surface area (Å²) in [6.45, 7) is 3.91. The van der Waals surface area contributed by atoms with Gasteiger partial charge in [-0.1, -0.05) is 37.3 Å². The first-order valence-corrected chi connectivity index (χ1v) is 7.72. The van der Waals surface area contributed by atoms with Crippen LogP contribution in [-0.2, 0) is 11.2 Å². The number of nitrogens with zero attached hydrogens (tertiary/aromatic N) is 1. The first-order chi connectivity index (χ1) is 9.68. The summed E-state index contributed by atoms with van der Waals surface area (Å²) in [5.41, 5.74) is 1.05. The van der Waals surface area contributed by atoms with Crippen LogP contribution in [0.3, 0.4) is 0 Å². The number of hydrogen-bond donors (Lipinski definition) is 1. The second kappa shape index (κ2) is 6.89. The molecule has 0 saturated carbocycles. The topological polar surface area (TPSA) is 32.3 Å². The second-order valence-corrected chi connectivity index (χ2v) is 5.78. The zero-order valence-electron chi connectivity index (χ0n) is 12.7. The summed E-state index contributed by atoms with van der Waals surface area (Å²) in [6, 6.07) is 10.5. The first-order valence-electron chi connectivity index (χ1n) is 7.72. The van der Waals surface area contributed by atoms with Crippen molar-refractivity contribution in [2.45, 2.75) is 44.6 Å². The average molecular weight is 274 g/mol. The molecule has 110 valence electrons. The van der Waals surface area contributed by atoms with Gasteiger partial charge in [0, 0.05) is 13.6 Å². The largest absolute Gasteiger partial charge is 0.344 e. The Morgan fingerprint density at radius 3 is 2.70 bits per heavy atom. The van der Waals surface area contributed by atoms with Gasteiger partial charge in [0.05, 0.1) is 5.54 Å². The van der Waals surface area contributed by atoms with E-state index < -0.39 is 0 Å². The lowest BCUT2D eigenvalue weighted by atomic mass is 9.92. The van der Waals surface area contributed by atoms with Gasteiger partial charge in [-0.3, -0.25) is 4.79 Å². The third-order valence-electron chi connectivity index (χ3n) is 4.41. The smallest absolute Gasteiger partial charge is 0.242 e. The first kappa shape index (κ1) is 15.0. The van der Waals surface area contributed by atoms with Crippen LogP contribution in [-0.4, -0.2) is 36.5 Å². The molecule has 0 spiro atoms. The Bertz CT molecular complexity index is 424. The third-order valence-corrected chi connectivity index (χ3v) is 4.41. The van der Waals surface area contributed by atoms with Gasteiger partial charge in [0.1, 0.15) is 0 Å². The molecule has 1 N–H and O–H groups in total. The van der Waals surface area contributed by atoms with Gasteiger partial charge in [-0.15, -0.1) is 0 Å². The van der Waals surface area contributed by atoms with E-state index >= 15 is 0 Å². The molecule has 1 heterocycles. The van der Waals surface area contributed by atoms with Crippen molar-refractivity contribution in [1.82, 2.24) is 10.2 Å². The zero-order valence-corrected chi connectivity index (χ0v) is 12.7. The molecule has 1 aliphatic heterocycles. The van der Waals surface area contributed by atoms with Crippen LogP contribution in [0.1, 0.15) is 38.2 Å². The van der Waals surface area contributed by atoms with Crippen LogP contribution in [0.15, 0.2) is 30.3 Å². The Hall–Kier alpha value is -1.35. The minimum Gasteiger partial charge on any atom is -0.344 e. The summed E-state index contributed by atoms with van der Waals surface area (Å²) in [7, 11) is 1.94. The van der Waals surface area contributed by atoms with E-state index in [9.17, 15) is 4.79 Å². The molecule has 1 atom stereocenters. The lowest BCUT2D eigenvalue weighted by Gasteiger charge is -2.31. The third kappa shape index (κ3) is 3.40. The molecule has 1 aromatic rings. The molecule has 1 aromatic carbocycles. The molecule has 1 saturated heterocycles. The summed E-state index contributed by atoms with van der Waals surface area (Å²) < 4.78 is 0. The van der Waals surface area contributed by atoms with Crippen molar-refractivity contribution in [3.8, 4) is 0 Å². The van der Waals surface area contributed by atoms with Crippen molar-refractivity contribution in [3.05, 3.63) is 35.9 Å². The van der Waals surface area contributed by atoms with Gasteiger partial charge in [-0.25, -0.2) is 0 Å². The van der Waals surface area contributed by atoms with Crippen LogP contribution >= 0.6 is 0 Å². The summed E-state index contributed by atoms with van der Waals surface area (Å²) in [5, 5.41) is 3.42. The summed E-state index contributed by atoms with van der Waals surface area (Å²) >= 11 is 0. The monoisotopic (exact) mass is 274 g/mol. The number of hydrogen-bond acceptors (Lipinski definition) is 2. The minimum atomic E-state index is -0.290. The van der Waals surface area contributed by atoms with Crippen LogP contribution in [0.2, 0.25) is 0 Å². The van der Waals surface area contributed by atoms with Gasteiger partial charge in [0.15, 0.2) is 0 Å². The molecule has 3 nitrogen and oxygen atoms in total. The number of aryl methyl sites for hydroxylation is 1. The summed E-state index contributed by atoms with van der Waals surface area (Å²) in [5.74, 6) is 0.269. The summed E-state index contributed by atoms with van der Waals surface area (Å²) in [4.78, 5) is 14.5. The predicted octanol–water partition coefficient (Wildman–Crippen LogP) is 2.61. The Morgan fingerprint density at radius 2 is 2.10 bits per heavy atom. The lowest BCUT2D eigenvalue weighted by Crippen LogP contribution is -2.53. The molecular formula is C17H26N2O. The van der Waals surface area contributed by atoms with Crippen molar-refractivity contribution in [3.63, 3.8) is 0 Å². The van der Waals surface area contributed by atoms with Crippen molar-refractivity contribution in [1.29, 1.82) is 0 Å². The van der Waals surface area contributed by atoms with Gasteiger partial charge >= 0.3 is 0 Å². The number of carbonyl (C=O) groups is 1. The molecule has 0 radical (unpaired) electrons. The molecule has 2 rings (SSSR count). The Morgan fingerprint density at radius 1 is 1.35 bits per heavy atom. The number of nitrogens with one attached hydrogen (secondary N) is 1. The van der Waals surface area contributed by atoms with Crippen molar-refractivity contribution >= 4 is 5.91 Å². The second-order valence-electron chi connectivity index (χ2n) is 5.78. The Kier molecular flexibility index (Phi) is 5.18. The standard InChI is InChI=1S/C17H26N2O/c1-3-17(12-8-13-18-17)16(20)19(2)14-7-11-15-9-5-4-6-10-15/h4-6,9-10,18H,3,7-8,11-14H2,1-2H3. The predicted molar refractivity (Wildman–Crippen MR) is 82.7 cm³/mol. The number of rotatable bonds is 6. The van der Waals surface area contributed by atoms with Crippen LogP contribution in [0, 0.1) is 0 Å². The van der Waals surface area contributed by atoms with Crippen LogP contribution < -0.4 is 5.32 Å². The van der Waals surface area contributed by atoms with Gasteiger partial charge in [0.2, 0.25) is 5.91 Å². The van der Waals surface area contributed by atoms with Gasteiger partial charge in [0.25, 0.3) is 0 Å². The van der Waals surface area contributed by atoms with E-state index in [1.165, 1.54) is 5.56 Å². The highest BCUT2D eigenvalue weighted by Gasteiger charge is 2.40. The van der Waals surface area contributed by atoms with E-state index in [1.54, 1.807) is 0 Å². The number of likely N-dealkylation sites (N-methyl/N-ethyl adjacent to an activating group) is 1. The molecular weight excluding hydrogens is 248 g/mol. The van der Waals surface area contributed by atoms with Gasteiger partial charge < -0.3 is 10.2 Å². The molecule has 0 aromatic heterocycles. The molecule has 1 aliphatic rings. The van der Waals surface area contributed by atoms with Crippen molar-refractivity contribution in [2.24, 2.45) is 0 Å². The normalized spacial score (nSPS) is 21.9. The average Bonchev–Trinajstić information content (AvgIpc) is 2.97. The maximum atomic E-state index is 12.6. The van der Waals surface area contributed by atoms with E-state index in [-0.39, 0.29) is 11.4 Å². The van der Waals surface area contributed by atoms with Crippen LogP contribution in [0.25, 0.3) is 0 Å². The SMILES string of the molecule is CCC1(C(=O)N(C)CCCc2ccccc2)CCCN1. The fourth-order valence-corrected chi connectivity index (χ4v) is 3.07. The van der Waals surface area contributed by atoms with Crippen LogP contribution in [0.5, 0.6) is 0 Å². The summed E-state index contributed by atoms with van der Waals surface area (Å²) in [6.07, 6.45) is 5.02. The molecule has 0 aliphatic carbocycles. The lowest BCUT2D eigenvalue weighted by molar-refractivity contribution is -0.136. The Balaban J connectivity index is 1.82. The highest BCUT2D eigenvalue weighted by molar-refractivity contribution is 5.86. The van der Waals surface area contributed by atoms with E-state index in [0.717, 1.165) is 45.2 Å². The number of carbonyl (C=O) groups excluding carboxylic acids is 1. The van der Waals surface area contributed by atoms with Crippen molar-refractivity contribution in [2.75, 3.05) is 20.1 Å². The van der Waals surface area contributed by atoms with Crippen molar-refractivity contribution < 1.29 is 4.79 Å². The molecule has 0 bridgehead atoms. The quantitative estimate of drug-likeness (QED) is 0.865. The fraction of sp³-hybridized carbons (Fsp3) is 0.588. The maximum absolute atomic E-state index is 12.6. The molecule has 1 fully saturated rings. The van der Waals surface area contributed by atoms with E-state index in [2.05, 4.69) is 36.5 Å². The fourth-order valence-electron chi connectivity index (χ4n) is 3.07. The Labute approximate surface area is 122 Å². The van der Waals surface area contributed by atoms with Gasteiger partial charge in [-0.2, -0.15) is 0 Å². The molecule has 1 amide bonds.